The van der Waals surface area contributed by atoms with Crippen LogP contribution in [0.25, 0.3) is 0 Å². The number of hydrogen-bond acceptors (Lipinski definition) is 4. The molecule has 0 saturated carbocycles. The van der Waals surface area contributed by atoms with Gasteiger partial charge in [-0.05, 0) is 43.2 Å². The zero-order valence-electron chi connectivity index (χ0n) is 16.2. The molecule has 152 valence electrons. The van der Waals surface area contributed by atoms with Gasteiger partial charge < -0.3 is 15.0 Å². The Hall–Kier alpha value is -2.86. The lowest BCUT2D eigenvalue weighted by atomic mass is 10.1. The molecular weight excluding hydrogens is 392 g/mol. The van der Waals surface area contributed by atoms with Crippen molar-refractivity contribution < 1.29 is 19.1 Å². The van der Waals surface area contributed by atoms with Crippen molar-refractivity contribution in [2.24, 2.45) is 5.92 Å². The molecule has 1 aliphatic heterocycles. The number of aryl methyl sites for hydroxylation is 1. The lowest BCUT2D eigenvalue weighted by Crippen LogP contribution is -2.32. The molecule has 0 radical (unpaired) electrons. The number of amides is 2. The molecule has 0 aliphatic carbocycles. The molecular formula is C22H23ClN2O4. The Morgan fingerprint density at radius 3 is 2.52 bits per heavy atom. The van der Waals surface area contributed by atoms with Crippen LogP contribution in [-0.4, -0.2) is 37.5 Å². The second-order valence-corrected chi connectivity index (χ2v) is 7.51. The minimum absolute atomic E-state index is 0.0882. The number of nitrogens with one attached hydrogen (secondary N) is 1. The number of nitrogens with zero attached hydrogens (tertiary/aromatic N) is 1. The summed E-state index contributed by atoms with van der Waals surface area (Å²) in [6.07, 6.45) is 0.740. The van der Waals surface area contributed by atoms with Crippen LogP contribution in [-0.2, 0) is 25.5 Å². The molecule has 1 fully saturated rings. The van der Waals surface area contributed by atoms with Crippen LogP contribution in [0.1, 0.15) is 17.5 Å². The summed E-state index contributed by atoms with van der Waals surface area (Å²) < 4.78 is 5.11. The monoisotopic (exact) mass is 414 g/mol. The first-order valence-electron chi connectivity index (χ1n) is 9.47. The van der Waals surface area contributed by atoms with E-state index in [1.807, 2.05) is 43.3 Å². The van der Waals surface area contributed by atoms with Gasteiger partial charge >= 0.3 is 5.97 Å². The highest BCUT2D eigenvalue weighted by atomic mass is 35.5. The Bertz CT molecular complexity index is 881. The molecule has 2 amide bonds. The number of esters is 1. The van der Waals surface area contributed by atoms with E-state index in [4.69, 9.17) is 16.3 Å². The number of halogens is 1. The number of hydrogen-bond donors (Lipinski definition) is 1. The quantitative estimate of drug-likeness (QED) is 0.707. The third-order valence-electron chi connectivity index (χ3n) is 4.80. The average Bonchev–Trinajstić information content (AvgIpc) is 3.10. The molecule has 2 aromatic carbocycles. The number of carbonyl (C=O) groups is 3. The van der Waals surface area contributed by atoms with Crippen molar-refractivity contribution in [2.75, 3.05) is 24.6 Å². The fourth-order valence-electron chi connectivity index (χ4n) is 3.14. The highest BCUT2D eigenvalue weighted by molar-refractivity contribution is 6.30. The molecule has 1 unspecified atom stereocenters. The molecule has 1 heterocycles. The van der Waals surface area contributed by atoms with E-state index < -0.39 is 11.9 Å². The van der Waals surface area contributed by atoms with Crippen LogP contribution in [0.4, 0.5) is 5.69 Å². The van der Waals surface area contributed by atoms with Crippen molar-refractivity contribution in [1.29, 1.82) is 0 Å². The fraction of sp³-hybridized carbons (Fsp3) is 0.318. The first-order valence-corrected chi connectivity index (χ1v) is 9.85. The summed E-state index contributed by atoms with van der Waals surface area (Å²) in [6, 6.07) is 14.9. The van der Waals surface area contributed by atoms with Gasteiger partial charge in [-0.25, -0.2) is 0 Å². The Balaban J connectivity index is 1.41. The molecule has 0 bridgehead atoms. The van der Waals surface area contributed by atoms with Crippen LogP contribution in [0.5, 0.6) is 0 Å². The highest BCUT2D eigenvalue weighted by Gasteiger charge is 2.36. The average molecular weight is 415 g/mol. The van der Waals surface area contributed by atoms with Gasteiger partial charge in [-0.15, -0.1) is 0 Å². The Kier molecular flexibility index (Phi) is 6.88. The molecule has 1 saturated heterocycles. The van der Waals surface area contributed by atoms with E-state index in [-0.39, 0.29) is 31.4 Å². The number of carbonyl (C=O) groups excluding carboxylic acids is 3. The molecule has 7 heteroatoms. The predicted molar refractivity (Wildman–Crippen MR) is 111 cm³/mol. The first kappa shape index (κ1) is 20.9. The van der Waals surface area contributed by atoms with E-state index in [0.29, 0.717) is 18.0 Å². The van der Waals surface area contributed by atoms with Crippen molar-refractivity contribution in [3.8, 4) is 0 Å². The van der Waals surface area contributed by atoms with E-state index in [9.17, 15) is 14.4 Å². The van der Waals surface area contributed by atoms with Crippen molar-refractivity contribution >= 4 is 35.1 Å². The summed E-state index contributed by atoms with van der Waals surface area (Å²) in [5, 5.41) is 3.38. The summed E-state index contributed by atoms with van der Waals surface area (Å²) in [5.74, 6) is -1.58. The Morgan fingerprint density at radius 2 is 1.83 bits per heavy atom. The van der Waals surface area contributed by atoms with Gasteiger partial charge in [-0.2, -0.15) is 0 Å². The summed E-state index contributed by atoms with van der Waals surface area (Å²) in [6.45, 7) is 2.31. The minimum Gasteiger partial charge on any atom is -0.455 e. The maximum Gasteiger partial charge on any atom is 0.311 e. The van der Waals surface area contributed by atoms with Gasteiger partial charge in [0, 0.05) is 30.2 Å². The SMILES string of the molecule is Cc1ccc(N2CC(C(=O)OCC(=O)NCCc3ccc(Cl)cc3)CC2=O)cc1. The summed E-state index contributed by atoms with van der Waals surface area (Å²) in [5.41, 5.74) is 2.90. The van der Waals surface area contributed by atoms with Crippen molar-refractivity contribution in [1.82, 2.24) is 5.32 Å². The van der Waals surface area contributed by atoms with E-state index in [2.05, 4.69) is 5.32 Å². The number of anilines is 1. The van der Waals surface area contributed by atoms with Gasteiger partial charge in [-0.1, -0.05) is 41.4 Å². The smallest absolute Gasteiger partial charge is 0.311 e. The molecule has 1 aliphatic rings. The summed E-state index contributed by atoms with van der Waals surface area (Å²) in [7, 11) is 0. The van der Waals surface area contributed by atoms with E-state index in [0.717, 1.165) is 16.8 Å². The highest BCUT2D eigenvalue weighted by Crippen LogP contribution is 2.26. The zero-order chi connectivity index (χ0) is 20.8. The lowest BCUT2D eigenvalue weighted by Gasteiger charge is -2.16. The van der Waals surface area contributed by atoms with Crippen LogP contribution < -0.4 is 10.2 Å². The Morgan fingerprint density at radius 1 is 1.14 bits per heavy atom. The summed E-state index contributed by atoms with van der Waals surface area (Å²) >= 11 is 5.84. The number of benzene rings is 2. The van der Waals surface area contributed by atoms with Crippen LogP contribution in [0.3, 0.4) is 0 Å². The van der Waals surface area contributed by atoms with Gasteiger partial charge in [0.05, 0.1) is 5.92 Å². The van der Waals surface area contributed by atoms with Gasteiger partial charge in [0.25, 0.3) is 5.91 Å². The molecule has 0 spiro atoms. The van der Waals surface area contributed by atoms with E-state index in [1.54, 1.807) is 17.0 Å². The van der Waals surface area contributed by atoms with Gasteiger partial charge in [0.2, 0.25) is 5.91 Å². The first-order chi connectivity index (χ1) is 13.9. The van der Waals surface area contributed by atoms with Crippen molar-refractivity contribution in [2.45, 2.75) is 19.8 Å². The molecule has 6 nitrogen and oxygen atoms in total. The van der Waals surface area contributed by atoms with Crippen LogP contribution in [0, 0.1) is 12.8 Å². The maximum atomic E-state index is 12.3. The van der Waals surface area contributed by atoms with Crippen LogP contribution >= 0.6 is 11.6 Å². The minimum atomic E-state index is -0.564. The van der Waals surface area contributed by atoms with Crippen LogP contribution in [0.2, 0.25) is 5.02 Å². The maximum absolute atomic E-state index is 12.3. The molecule has 3 rings (SSSR count). The molecule has 0 aromatic heterocycles. The standard InChI is InChI=1S/C22H23ClN2O4/c1-15-2-8-19(9-3-15)25-13-17(12-21(25)27)22(28)29-14-20(26)24-11-10-16-4-6-18(23)7-5-16/h2-9,17H,10-14H2,1H3,(H,24,26). The van der Waals surface area contributed by atoms with Gasteiger partial charge in [-0.3, -0.25) is 14.4 Å². The number of ether oxygens (including phenoxy) is 1. The second kappa shape index (κ2) is 9.56. The predicted octanol–water partition coefficient (Wildman–Crippen LogP) is 2.90. The second-order valence-electron chi connectivity index (χ2n) is 7.08. The summed E-state index contributed by atoms with van der Waals surface area (Å²) in [4.78, 5) is 38.0. The van der Waals surface area contributed by atoms with E-state index >= 15 is 0 Å². The molecule has 2 aromatic rings. The van der Waals surface area contributed by atoms with Gasteiger partial charge in [0.1, 0.15) is 0 Å². The normalized spacial score (nSPS) is 16.0. The molecule has 1 N–H and O–H groups in total. The molecule has 1 atom stereocenters. The van der Waals surface area contributed by atoms with Gasteiger partial charge in [0.15, 0.2) is 6.61 Å². The zero-order valence-corrected chi connectivity index (χ0v) is 16.9. The topological polar surface area (TPSA) is 75.7 Å². The Labute approximate surface area is 174 Å². The molecule has 29 heavy (non-hydrogen) atoms. The fourth-order valence-corrected chi connectivity index (χ4v) is 3.27. The largest absolute Gasteiger partial charge is 0.455 e. The van der Waals surface area contributed by atoms with Crippen molar-refractivity contribution in [3.05, 3.63) is 64.7 Å². The third-order valence-corrected chi connectivity index (χ3v) is 5.05. The van der Waals surface area contributed by atoms with Crippen LogP contribution in [0.15, 0.2) is 48.5 Å². The third kappa shape index (κ3) is 5.81. The van der Waals surface area contributed by atoms with E-state index in [1.165, 1.54) is 0 Å². The van der Waals surface area contributed by atoms with Crippen molar-refractivity contribution in [3.63, 3.8) is 0 Å². The lowest BCUT2D eigenvalue weighted by molar-refractivity contribution is -0.152. The number of rotatable bonds is 7.